The number of fused-ring (bicyclic) bond motifs is 1. The Morgan fingerprint density at radius 1 is 1.10 bits per heavy atom. The van der Waals surface area contributed by atoms with Gasteiger partial charge in [0.05, 0.1) is 0 Å². The molecule has 1 amide bonds. The first-order chi connectivity index (χ1) is 14.1. The fourth-order valence-corrected chi connectivity index (χ4v) is 3.64. The van der Waals surface area contributed by atoms with Gasteiger partial charge in [-0.15, -0.1) is 0 Å². The van der Waals surface area contributed by atoms with Gasteiger partial charge in [0.2, 0.25) is 5.95 Å². The van der Waals surface area contributed by atoms with E-state index in [4.69, 9.17) is 4.74 Å². The highest BCUT2D eigenvalue weighted by molar-refractivity contribution is 6.03. The minimum Gasteiger partial charge on any atom is -0.488 e. The molecule has 2 aromatic carbocycles. The lowest BCUT2D eigenvalue weighted by Crippen LogP contribution is -2.41. The number of para-hydroxylation sites is 1. The summed E-state index contributed by atoms with van der Waals surface area (Å²) >= 11 is 0. The predicted molar refractivity (Wildman–Crippen MR) is 114 cm³/mol. The molecule has 1 N–H and O–H groups in total. The number of anilines is 1. The minimum absolute atomic E-state index is 0.174. The number of carbonyl (C=O) groups excluding carboxylic acids is 1. The molecular formula is C23H26N4O2. The van der Waals surface area contributed by atoms with Crippen molar-refractivity contribution in [1.82, 2.24) is 14.9 Å². The van der Waals surface area contributed by atoms with Crippen LogP contribution in [0.4, 0.5) is 5.95 Å². The maximum Gasteiger partial charge on any atom is 0.258 e. The zero-order valence-electron chi connectivity index (χ0n) is 16.8. The quantitative estimate of drug-likeness (QED) is 0.709. The van der Waals surface area contributed by atoms with Crippen LogP contribution in [0.5, 0.6) is 5.75 Å². The standard InChI is InChI=1S/C23H26N4O2/c1-16(2)27-13-11-19(12-14-27)29-20-10-6-9-18-15-24-23(25-21(18)20)26-22(28)17-7-4-3-5-8-17/h3-10,15-16,19H,11-14H2,1-2H3,(H,24,25,26,28). The largest absolute Gasteiger partial charge is 0.488 e. The average molecular weight is 390 g/mol. The van der Waals surface area contributed by atoms with Crippen LogP contribution in [-0.4, -0.2) is 46.0 Å². The molecule has 1 fully saturated rings. The highest BCUT2D eigenvalue weighted by Gasteiger charge is 2.23. The molecule has 29 heavy (non-hydrogen) atoms. The maximum absolute atomic E-state index is 12.4. The second-order valence-electron chi connectivity index (χ2n) is 7.65. The first-order valence-electron chi connectivity index (χ1n) is 10.1. The molecule has 1 saturated heterocycles. The number of likely N-dealkylation sites (tertiary alicyclic amines) is 1. The first-order valence-corrected chi connectivity index (χ1v) is 10.1. The lowest BCUT2D eigenvalue weighted by Gasteiger charge is -2.34. The van der Waals surface area contributed by atoms with Crippen molar-refractivity contribution < 1.29 is 9.53 Å². The SMILES string of the molecule is CC(C)N1CCC(Oc2cccc3cnc(NC(=O)c4ccccc4)nc23)CC1. The molecule has 0 atom stereocenters. The molecule has 0 unspecified atom stereocenters. The Bertz CT molecular complexity index is 983. The zero-order chi connectivity index (χ0) is 20.2. The molecule has 150 valence electrons. The molecule has 1 aromatic heterocycles. The number of aromatic nitrogens is 2. The lowest BCUT2D eigenvalue weighted by molar-refractivity contribution is 0.0852. The van der Waals surface area contributed by atoms with Crippen LogP contribution in [0.15, 0.2) is 54.7 Å². The van der Waals surface area contributed by atoms with E-state index in [1.807, 2.05) is 36.4 Å². The summed E-state index contributed by atoms with van der Waals surface area (Å²) < 4.78 is 6.31. The first kappa shape index (κ1) is 19.3. The molecule has 0 spiro atoms. The zero-order valence-corrected chi connectivity index (χ0v) is 16.8. The van der Waals surface area contributed by atoms with Gasteiger partial charge in [0, 0.05) is 36.3 Å². The summed E-state index contributed by atoms with van der Waals surface area (Å²) in [4.78, 5) is 23.7. The van der Waals surface area contributed by atoms with Gasteiger partial charge in [0.1, 0.15) is 17.4 Å². The summed E-state index contributed by atoms with van der Waals surface area (Å²) in [7, 11) is 0. The Kier molecular flexibility index (Phi) is 5.71. The Morgan fingerprint density at radius 2 is 1.86 bits per heavy atom. The van der Waals surface area contributed by atoms with E-state index < -0.39 is 0 Å². The van der Waals surface area contributed by atoms with Crippen LogP contribution in [0.1, 0.15) is 37.0 Å². The van der Waals surface area contributed by atoms with Gasteiger partial charge in [0.15, 0.2) is 0 Å². The van der Waals surface area contributed by atoms with Crippen molar-refractivity contribution in [3.63, 3.8) is 0 Å². The summed E-state index contributed by atoms with van der Waals surface area (Å²) in [5.41, 5.74) is 1.29. The van der Waals surface area contributed by atoms with E-state index in [0.717, 1.165) is 42.6 Å². The highest BCUT2D eigenvalue weighted by atomic mass is 16.5. The van der Waals surface area contributed by atoms with Crippen molar-refractivity contribution >= 4 is 22.8 Å². The Morgan fingerprint density at radius 3 is 2.59 bits per heavy atom. The van der Waals surface area contributed by atoms with Crippen LogP contribution in [0.2, 0.25) is 0 Å². The summed E-state index contributed by atoms with van der Waals surface area (Å²) in [5.74, 6) is 0.782. The van der Waals surface area contributed by atoms with Gasteiger partial charge in [-0.25, -0.2) is 9.97 Å². The van der Waals surface area contributed by atoms with Gasteiger partial charge in [0.25, 0.3) is 5.91 Å². The van der Waals surface area contributed by atoms with E-state index in [0.29, 0.717) is 11.6 Å². The summed E-state index contributed by atoms with van der Waals surface area (Å²) in [6.07, 6.45) is 3.89. The number of nitrogens with zero attached hydrogens (tertiary/aromatic N) is 3. The van der Waals surface area contributed by atoms with Gasteiger partial charge in [-0.1, -0.05) is 30.3 Å². The number of ether oxygens (including phenoxy) is 1. The number of carbonyl (C=O) groups is 1. The van der Waals surface area contributed by atoms with Crippen molar-refractivity contribution in [2.75, 3.05) is 18.4 Å². The van der Waals surface area contributed by atoms with Gasteiger partial charge < -0.3 is 9.64 Å². The summed E-state index contributed by atoms with van der Waals surface area (Å²) in [5, 5.41) is 3.66. The Balaban J connectivity index is 1.51. The van der Waals surface area contributed by atoms with Crippen LogP contribution in [0.25, 0.3) is 10.9 Å². The van der Waals surface area contributed by atoms with E-state index in [1.165, 1.54) is 0 Å². The summed E-state index contributed by atoms with van der Waals surface area (Å²) in [6, 6.07) is 15.4. The monoisotopic (exact) mass is 390 g/mol. The second-order valence-corrected chi connectivity index (χ2v) is 7.65. The van der Waals surface area contributed by atoms with E-state index in [-0.39, 0.29) is 18.0 Å². The molecule has 0 radical (unpaired) electrons. The van der Waals surface area contributed by atoms with E-state index >= 15 is 0 Å². The molecule has 6 nitrogen and oxygen atoms in total. The number of hydrogen-bond donors (Lipinski definition) is 1. The van der Waals surface area contributed by atoms with Crippen molar-refractivity contribution in [3.8, 4) is 5.75 Å². The van der Waals surface area contributed by atoms with Crippen LogP contribution < -0.4 is 10.1 Å². The number of rotatable bonds is 5. The third kappa shape index (κ3) is 4.54. The number of nitrogens with one attached hydrogen (secondary N) is 1. The number of hydrogen-bond acceptors (Lipinski definition) is 5. The number of piperidine rings is 1. The maximum atomic E-state index is 12.4. The average Bonchev–Trinajstić information content (AvgIpc) is 2.75. The van der Waals surface area contributed by atoms with Crippen LogP contribution in [0, 0.1) is 0 Å². The molecule has 3 aromatic rings. The van der Waals surface area contributed by atoms with Crippen molar-refractivity contribution in [2.45, 2.75) is 38.8 Å². The van der Waals surface area contributed by atoms with Crippen LogP contribution in [0.3, 0.4) is 0 Å². The summed E-state index contributed by atoms with van der Waals surface area (Å²) in [6.45, 7) is 6.54. The number of benzene rings is 2. The molecule has 0 saturated carbocycles. The minimum atomic E-state index is -0.232. The van der Waals surface area contributed by atoms with Crippen molar-refractivity contribution in [1.29, 1.82) is 0 Å². The molecule has 0 bridgehead atoms. The van der Waals surface area contributed by atoms with Crippen molar-refractivity contribution in [3.05, 3.63) is 60.3 Å². The fourth-order valence-electron chi connectivity index (χ4n) is 3.64. The molecule has 1 aliphatic heterocycles. The van der Waals surface area contributed by atoms with Gasteiger partial charge in [-0.2, -0.15) is 0 Å². The second kappa shape index (κ2) is 8.57. The molecule has 6 heteroatoms. The van der Waals surface area contributed by atoms with Crippen LogP contribution >= 0.6 is 0 Å². The molecule has 0 aliphatic carbocycles. The molecule has 2 heterocycles. The molecule has 1 aliphatic rings. The van der Waals surface area contributed by atoms with E-state index in [9.17, 15) is 4.79 Å². The Hall–Kier alpha value is -2.99. The highest BCUT2D eigenvalue weighted by Crippen LogP contribution is 2.27. The van der Waals surface area contributed by atoms with Gasteiger partial charge >= 0.3 is 0 Å². The molecular weight excluding hydrogens is 364 g/mol. The third-order valence-corrected chi connectivity index (χ3v) is 5.34. The third-order valence-electron chi connectivity index (χ3n) is 5.34. The van der Waals surface area contributed by atoms with Crippen LogP contribution in [-0.2, 0) is 0 Å². The number of amides is 1. The molecule has 4 rings (SSSR count). The van der Waals surface area contributed by atoms with Gasteiger partial charge in [-0.3, -0.25) is 10.1 Å². The normalized spacial score (nSPS) is 15.6. The smallest absolute Gasteiger partial charge is 0.258 e. The Labute approximate surface area is 170 Å². The lowest BCUT2D eigenvalue weighted by atomic mass is 10.1. The van der Waals surface area contributed by atoms with Crippen molar-refractivity contribution in [2.24, 2.45) is 0 Å². The van der Waals surface area contributed by atoms with E-state index in [1.54, 1.807) is 18.3 Å². The fraction of sp³-hybridized carbons (Fsp3) is 0.348. The topological polar surface area (TPSA) is 67.3 Å². The predicted octanol–water partition coefficient (Wildman–Crippen LogP) is 4.13. The van der Waals surface area contributed by atoms with E-state index in [2.05, 4.69) is 34.0 Å². The van der Waals surface area contributed by atoms with Gasteiger partial charge in [-0.05, 0) is 44.9 Å².